The van der Waals surface area contributed by atoms with E-state index in [0.717, 1.165) is 35.3 Å². The Morgan fingerprint density at radius 3 is 1.26 bits per heavy atom. The molecule has 4 aromatic carbocycles. The maximum atomic E-state index is 13.9. The first-order valence-corrected chi connectivity index (χ1v) is 27.9. The van der Waals surface area contributed by atoms with Gasteiger partial charge in [-0.2, -0.15) is 18.8 Å². The standard InChI is InChI=1S/C27H36N4O6S.C21H23N3O6S.C7H16O/c1-6-15-30(16-17-35-3)27(32)25-18-26(28-29(25)2)38(33,34)31(19-21-7-11-23(36-4)12-8-21)20-22-9-13-24(37-5)14-10-22;1-23-21(30-15-25)12-20(22-23)31(26,27)24(13-16-4-8-18(28-2)9-5-16)14-17-6-10-19(29-3)11-7-17;1-3-4-5-6-7-8-2/h7-14,18H,6,15-17,19-20H2,1-5H3;4-12,15H,13-14H2,1-3H3;3-7H2,1-2H3. The van der Waals surface area contributed by atoms with Crippen molar-refractivity contribution in [1.29, 1.82) is 0 Å². The van der Waals surface area contributed by atoms with Crippen LogP contribution in [0.2, 0.25) is 0 Å². The topological polar surface area (TPSA) is 212 Å². The lowest BCUT2D eigenvalue weighted by Gasteiger charge is -2.22. The average molecular weight is 1110 g/mol. The van der Waals surface area contributed by atoms with Gasteiger partial charge in [-0.05, 0) is 83.6 Å². The molecule has 0 bridgehead atoms. The Morgan fingerprint density at radius 1 is 0.519 bits per heavy atom. The molecule has 0 aliphatic carbocycles. The minimum absolute atomic E-state index is 0.0300. The first-order valence-electron chi connectivity index (χ1n) is 25.0. The highest BCUT2D eigenvalue weighted by Gasteiger charge is 2.32. The van der Waals surface area contributed by atoms with Crippen LogP contribution in [0.4, 0.5) is 0 Å². The minimum atomic E-state index is -4.08. The van der Waals surface area contributed by atoms with Gasteiger partial charge in [-0.1, -0.05) is 81.6 Å². The van der Waals surface area contributed by atoms with Crippen LogP contribution in [0, 0.1) is 0 Å². The van der Waals surface area contributed by atoms with Gasteiger partial charge in [0.15, 0.2) is 10.1 Å². The number of carbonyl (C=O) groups is 2. The molecule has 0 aliphatic heterocycles. The lowest BCUT2D eigenvalue weighted by Crippen LogP contribution is -2.35. The first-order chi connectivity index (χ1) is 37.0. The monoisotopic (exact) mass is 1110 g/mol. The highest BCUT2D eigenvalue weighted by atomic mass is 32.2. The maximum Gasteiger partial charge on any atom is 0.299 e. The molecule has 0 saturated heterocycles. The van der Waals surface area contributed by atoms with Crippen LogP contribution in [0.5, 0.6) is 28.9 Å². The zero-order valence-electron chi connectivity index (χ0n) is 45.9. The van der Waals surface area contributed by atoms with Crippen LogP contribution in [0.3, 0.4) is 0 Å². The van der Waals surface area contributed by atoms with Crippen molar-refractivity contribution in [2.45, 2.75) is 82.2 Å². The fraction of sp³-hybridized carbons (Fsp3) is 0.418. The van der Waals surface area contributed by atoms with E-state index in [1.54, 1.807) is 127 Å². The van der Waals surface area contributed by atoms with Crippen LogP contribution in [0.15, 0.2) is 119 Å². The summed E-state index contributed by atoms with van der Waals surface area (Å²) >= 11 is 0. The summed E-state index contributed by atoms with van der Waals surface area (Å²) in [6.07, 6.45) is 5.97. The van der Waals surface area contributed by atoms with Gasteiger partial charge in [0.05, 0.1) is 35.0 Å². The maximum absolute atomic E-state index is 13.9. The molecule has 2 aromatic heterocycles. The zero-order valence-corrected chi connectivity index (χ0v) is 47.5. The smallest absolute Gasteiger partial charge is 0.299 e. The predicted molar refractivity (Wildman–Crippen MR) is 292 cm³/mol. The Kier molecular flexibility index (Phi) is 26.1. The second-order valence-electron chi connectivity index (χ2n) is 17.4. The molecule has 2 heterocycles. The van der Waals surface area contributed by atoms with Gasteiger partial charge in [-0.3, -0.25) is 14.3 Å². The Bertz CT molecular complexity index is 2810. The number of hydrogen-bond acceptors (Lipinski definition) is 15. The SMILES string of the molecule is CCCCCCOC.CCCN(CCOC)C(=O)c1cc(S(=O)(=O)N(Cc2ccc(OC)cc2)Cc2ccc(OC)cc2)nn1C.COc1ccc(CN(Cc2ccc(OC)cc2)S(=O)(=O)c2cc(OC=O)n(C)n2)cc1. The predicted octanol–water partition coefficient (Wildman–Crippen LogP) is 7.90. The largest absolute Gasteiger partial charge is 0.497 e. The molecule has 0 radical (unpaired) electrons. The van der Waals surface area contributed by atoms with Crippen LogP contribution in [-0.4, -0.2) is 131 Å². The Labute approximate surface area is 454 Å². The first kappa shape index (κ1) is 62.7. The minimum Gasteiger partial charge on any atom is -0.497 e. The van der Waals surface area contributed by atoms with E-state index in [1.165, 1.54) is 62.8 Å². The van der Waals surface area contributed by atoms with Crippen molar-refractivity contribution in [2.75, 3.05) is 69.0 Å². The van der Waals surface area contributed by atoms with E-state index >= 15 is 0 Å². The molecule has 6 aromatic rings. The van der Waals surface area contributed by atoms with Gasteiger partial charge in [0, 0.05) is 86.3 Å². The molecule has 0 fully saturated rings. The number of sulfonamides is 2. The molecule has 77 heavy (non-hydrogen) atoms. The van der Waals surface area contributed by atoms with Crippen molar-refractivity contribution >= 4 is 32.4 Å². The van der Waals surface area contributed by atoms with Crippen molar-refractivity contribution in [3.63, 3.8) is 0 Å². The van der Waals surface area contributed by atoms with E-state index in [2.05, 4.69) is 17.1 Å². The number of aromatic nitrogens is 4. The van der Waals surface area contributed by atoms with Crippen LogP contribution >= 0.6 is 0 Å². The third-order valence-corrected chi connectivity index (χ3v) is 15.2. The third-order valence-electron chi connectivity index (χ3n) is 11.9. The van der Waals surface area contributed by atoms with Crippen molar-refractivity contribution in [1.82, 2.24) is 33.1 Å². The number of benzene rings is 4. The number of ether oxygens (including phenoxy) is 7. The van der Waals surface area contributed by atoms with Crippen LogP contribution in [-0.2, 0) is 74.6 Å². The van der Waals surface area contributed by atoms with E-state index in [0.29, 0.717) is 42.7 Å². The Hall–Kier alpha value is -6.82. The number of carbonyl (C=O) groups excluding carboxylic acids is 2. The quantitative estimate of drug-likeness (QED) is 0.0323. The summed E-state index contributed by atoms with van der Waals surface area (Å²) in [6.45, 7) is 7.08. The van der Waals surface area contributed by atoms with E-state index in [-0.39, 0.29) is 60.2 Å². The number of amides is 1. The number of unbranched alkanes of at least 4 members (excludes halogenated alkanes) is 3. The molecule has 0 aliphatic rings. The van der Waals surface area contributed by atoms with Crippen molar-refractivity contribution < 1.29 is 59.6 Å². The number of aryl methyl sites for hydroxylation is 2. The lowest BCUT2D eigenvalue weighted by atomic mass is 10.2. The molecule has 22 heteroatoms. The summed E-state index contributed by atoms with van der Waals surface area (Å²) in [5.74, 6) is 2.44. The summed E-state index contributed by atoms with van der Waals surface area (Å²) in [6, 6.07) is 31.3. The highest BCUT2D eigenvalue weighted by molar-refractivity contribution is 7.89. The highest BCUT2D eigenvalue weighted by Crippen LogP contribution is 2.27. The average Bonchev–Trinajstić information content (AvgIpc) is 4.06. The molecular weight excluding hydrogens is 1030 g/mol. The van der Waals surface area contributed by atoms with Crippen molar-refractivity contribution in [2.24, 2.45) is 14.1 Å². The molecular formula is C55H75N7O13S2. The van der Waals surface area contributed by atoms with Crippen LogP contribution in [0.1, 0.15) is 78.7 Å². The van der Waals surface area contributed by atoms with E-state index in [1.807, 2.05) is 31.2 Å². The fourth-order valence-electron chi connectivity index (χ4n) is 7.55. The second-order valence-corrected chi connectivity index (χ2v) is 21.2. The molecule has 420 valence electrons. The number of nitrogens with zero attached hydrogens (tertiary/aromatic N) is 7. The summed E-state index contributed by atoms with van der Waals surface area (Å²) in [4.78, 5) is 25.6. The van der Waals surface area contributed by atoms with Gasteiger partial charge >= 0.3 is 0 Å². The van der Waals surface area contributed by atoms with Crippen LogP contribution in [0.25, 0.3) is 0 Å². The molecule has 0 atom stereocenters. The van der Waals surface area contributed by atoms with Gasteiger partial charge in [0.1, 0.15) is 28.7 Å². The zero-order chi connectivity index (χ0) is 56.4. The molecule has 1 amide bonds. The van der Waals surface area contributed by atoms with Gasteiger partial charge in [-0.25, -0.2) is 21.5 Å². The molecule has 6 rings (SSSR count). The molecule has 0 unspecified atom stereocenters. The van der Waals surface area contributed by atoms with Crippen LogP contribution < -0.4 is 23.7 Å². The second kappa shape index (κ2) is 32.0. The Balaban J connectivity index is 0.000000295. The normalized spacial score (nSPS) is 11.3. The summed E-state index contributed by atoms with van der Waals surface area (Å²) in [5.41, 5.74) is 3.31. The van der Waals surface area contributed by atoms with E-state index < -0.39 is 20.0 Å². The van der Waals surface area contributed by atoms with Crippen molar-refractivity contribution in [3.05, 3.63) is 137 Å². The molecule has 20 nitrogen and oxygen atoms in total. The van der Waals surface area contributed by atoms with E-state index in [9.17, 15) is 26.4 Å². The number of rotatable bonds is 29. The van der Waals surface area contributed by atoms with Gasteiger partial charge in [0.2, 0.25) is 5.88 Å². The summed E-state index contributed by atoms with van der Waals surface area (Å²) in [5, 5.41) is 7.88. The molecule has 0 spiro atoms. The fourth-order valence-corrected chi connectivity index (χ4v) is 10.3. The summed E-state index contributed by atoms with van der Waals surface area (Å²) < 4.78 is 95.4. The lowest BCUT2D eigenvalue weighted by molar-refractivity contribution is -0.121. The third kappa shape index (κ3) is 19.0. The van der Waals surface area contributed by atoms with Gasteiger partial charge in [0.25, 0.3) is 32.4 Å². The van der Waals surface area contributed by atoms with Gasteiger partial charge in [-0.15, -0.1) is 0 Å². The molecule has 0 N–H and O–H groups in total. The Morgan fingerprint density at radius 2 is 0.909 bits per heavy atom. The number of methoxy groups -OCH3 is 6. The van der Waals surface area contributed by atoms with E-state index in [4.69, 9.17) is 33.2 Å². The molecule has 0 saturated carbocycles. The summed E-state index contributed by atoms with van der Waals surface area (Å²) in [7, 11) is 4.60. The van der Waals surface area contributed by atoms with Crippen molar-refractivity contribution in [3.8, 4) is 28.9 Å². The number of hydrogen-bond donors (Lipinski definition) is 0. The van der Waals surface area contributed by atoms with Gasteiger partial charge < -0.3 is 38.1 Å².